The maximum atomic E-state index is 12.8. The summed E-state index contributed by atoms with van der Waals surface area (Å²) < 4.78 is 42.6. The van der Waals surface area contributed by atoms with Gasteiger partial charge in [0.1, 0.15) is 5.75 Å². The third kappa shape index (κ3) is 5.42. The molecule has 0 radical (unpaired) electrons. The maximum absolute atomic E-state index is 12.8. The number of nitrogens with one attached hydrogen (secondary N) is 1. The van der Waals surface area contributed by atoms with Gasteiger partial charge < -0.3 is 15.0 Å². The second kappa shape index (κ2) is 9.49. The highest BCUT2D eigenvalue weighted by molar-refractivity contribution is 7.39. The van der Waals surface area contributed by atoms with Gasteiger partial charge in [-0.2, -0.15) is 5.10 Å². The van der Waals surface area contributed by atoms with E-state index in [1.807, 2.05) is 24.3 Å². The molecule has 2 aliphatic rings. The number of ether oxygens (including phenoxy) is 1. The molecule has 11 heteroatoms. The van der Waals surface area contributed by atoms with Crippen molar-refractivity contribution in [3.05, 3.63) is 58.1 Å². The van der Waals surface area contributed by atoms with Crippen molar-refractivity contribution < 1.29 is 22.7 Å². The summed E-state index contributed by atoms with van der Waals surface area (Å²) in [4.78, 5) is 14.5. The maximum Gasteiger partial charge on any atom is 0.573 e. The number of carbonyl (C=O) groups excluding carboxylic acids is 1. The normalized spacial score (nSPS) is 19.0. The third-order valence-corrected chi connectivity index (χ3v) is 6.19. The van der Waals surface area contributed by atoms with Gasteiger partial charge >= 0.3 is 6.36 Å². The summed E-state index contributed by atoms with van der Waals surface area (Å²) in [5.74, 6) is -0.478. The molecule has 33 heavy (non-hydrogen) atoms. The summed E-state index contributed by atoms with van der Waals surface area (Å²) in [7, 11) is 2.10. The largest absolute Gasteiger partial charge is 0.573 e. The number of amides is 1. The Morgan fingerprint density at radius 2 is 1.88 bits per heavy atom. The Kier molecular flexibility index (Phi) is 6.84. The lowest BCUT2D eigenvalue weighted by Gasteiger charge is -2.29. The molecule has 1 amide bonds. The molecule has 6 nitrogen and oxygen atoms in total. The van der Waals surface area contributed by atoms with E-state index in [1.165, 1.54) is 17.1 Å². The molecule has 0 spiro atoms. The van der Waals surface area contributed by atoms with Gasteiger partial charge in [-0.05, 0) is 52.4 Å². The van der Waals surface area contributed by atoms with E-state index in [0.717, 1.165) is 37.4 Å². The van der Waals surface area contributed by atoms with Crippen LogP contribution >= 0.6 is 20.8 Å². The number of benzene rings is 2. The van der Waals surface area contributed by atoms with Crippen molar-refractivity contribution in [3.8, 4) is 5.75 Å². The van der Waals surface area contributed by atoms with Crippen molar-refractivity contribution in [2.75, 3.05) is 31.1 Å². The SMILES string of the molecule is CC1Cc2cc(OC(F)(F)F)c(Cl)cc2C(c2ccc(N3CCNCC3)cc2)=NN1C(=O)P. The van der Waals surface area contributed by atoms with Gasteiger partial charge in [0.05, 0.1) is 16.8 Å². The average Bonchev–Trinajstić information content (AvgIpc) is 2.90. The van der Waals surface area contributed by atoms with Gasteiger partial charge in [-0.1, -0.05) is 23.7 Å². The number of fused-ring (bicyclic) bond motifs is 1. The molecule has 0 saturated carbocycles. The molecule has 2 heterocycles. The Balaban J connectivity index is 1.77. The van der Waals surface area contributed by atoms with Crippen molar-refractivity contribution in [1.82, 2.24) is 10.3 Å². The van der Waals surface area contributed by atoms with Crippen LogP contribution in [0.1, 0.15) is 23.6 Å². The number of carbonyl (C=O) groups is 1. The van der Waals surface area contributed by atoms with E-state index in [1.54, 1.807) is 6.92 Å². The Bertz CT molecular complexity index is 1070. The number of rotatable bonds is 3. The van der Waals surface area contributed by atoms with Crippen LogP contribution < -0.4 is 15.0 Å². The van der Waals surface area contributed by atoms with Crippen LogP contribution in [-0.4, -0.2) is 55.0 Å². The fraction of sp³-hybridized carbons (Fsp3) is 0.364. The molecule has 1 saturated heterocycles. The van der Waals surface area contributed by atoms with Crippen molar-refractivity contribution in [2.45, 2.75) is 25.7 Å². The van der Waals surface area contributed by atoms with E-state index in [0.29, 0.717) is 16.8 Å². The number of hydrogen-bond acceptors (Lipinski definition) is 5. The van der Waals surface area contributed by atoms with Crippen molar-refractivity contribution in [1.29, 1.82) is 0 Å². The molecule has 4 rings (SSSR count). The number of hydrazone groups is 1. The molecule has 2 aliphatic heterocycles. The highest BCUT2D eigenvalue weighted by Crippen LogP contribution is 2.36. The molecule has 2 unspecified atom stereocenters. The molecule has 0 aliphatic carbocycles. The minimum absolute atomic E-state index is 0.186. The van der Waals surface area contributed by atoms with Crippen LogP contribution in [0.25, 0.3) is 0 Å². The van der Waals surface area contributed by atoms with Gasteiger partial charge in [-0.3, -0.25) is 4.79 Å². The lowest BCUT2D eigenvalue weighted by atomic mass is 9.94. The zero-order chi connectivity index (χ0) is 23.8. The Morgan fingerprint density at radius 1 is 1.21 bits per heavy atom. The van der Waals surface area contributed by atoms with Gasteiger partial charge in [0.25, 0.3) is 5.65 Å². The third-order valence-electron chi connectivity index (χ3n) is 5.63. The Labute approximate surface area is 196 Å². The summed E-state index contributed by atoms with van der Waals surface area (Å²) in [6.45, 7) is 5.39. The van der Waals surface area contributed by atoms with Crippen LogP contribution in [0.3, 0.4) is 0 Å². The minimum Gasteiger partial charge on any atom is -0.404 e. The first-order valence-corrected chi connectivity index (χ1v) is 11.4. The molecule has 2 aromatic carbocycles. The number of anilines is 1. The van der Waals surface area contributed by atoms with Crippen LogP contribution in [0.5, 0.6) is 5.75 Å². The fourth-order valence-electron chi connectivity index (χ4n) is 4.09. The monoisotopic (exact) mass is 498 g/mol. The summed E-state index contributed by atoms with van der Waals surface area (Å²) in [6.07, 6.45) is -4.58. The number of nitrogens with zero attached hydrogens (tertiary/aromatic N) is 3. The van der Waals surface area contributed by atoms with Gasteiger partial charge in [0.15, 0.2) is 0 Å². The smallest absolute Gasteiger partial charge is 0.404 e. The average molecular weight is 499 g/mol. The predicted octanol–water partition coefficient (Wildman–Crippen LogP) is 4.64. The quantitative estimate of drug-likeness (QED) is 0.626. The molecular weight excluding hydrogens is 476 g/mol. The van der Waals surface area contributed by atoms with Gasteiger partial charge in [-0.25, -0.2) is 5.01 Å². The van der Waals surface area contributed by atoms with E-state index >= 15 is 0 Å². The summed E-state index contributed by atoms with van der Waals surface area (Å²) >= 11 is 6.16. The first kappa shape index (κ1) is 23.8. The zero-order valence-electron chi connectivity index (χ0n) is 17.8. The van der Waals surface area contributed by atoms with Crippen LogP contribution in [-0.2, 0) is 6.42 Å². The van der Waals surface area contributed by atoms with Crippen LogP contribution in [0.2, 0.25) is 5.02 Å². The Morgan fingerprint density at radius 3 is 2.48 bits per heavy atom. The van der Waals surface area contributed by atoms with E-state index in [9.17, 15) is 18.0 Å². The number of hydrogen-bond donors (Lipinski definition) is 1. The van der Waals surface area contributed by atoms with Gasteiger partial charge in [0, 0.05) is 43.0 Å². The first-order valence-electron chi connectivity index (χ1n) is 10.4. The molecule has 176 valence electrons. The van der Waals surface area contributed by atoms with Crippen LogP contribution in [0.15, 0.2) is 41.5 Å². The predicted molar refractivity (Wildman–Crippen MR) is 125 cm³/mol. The van der Waals surface area contributed by atoms with E-state index in [-0.39, 0.29) is 23.1 Å². The molecule has 2 aromatic rings. The summed E-state index contributed by atoms with van der Waals surface area (Å²) in [5.41, 5.74) is 3.02. The standard InChI is InChI=1S/C22H23ClF3N4O2P/c1-13-10-15-11-19(32-22(24,25)26)18(23)12-17(15)20(28-30(13)21(31)33)14-2-4-16(5-3-14)29-8-6-27-7-9-29/h2-5,11-13,27H,6-10,33H2,1H3. The molecule has 1 fully saturated rings. The summed E-state index contributed by atoms with van der Waals surface area (Å²) in [5, 5.41) is 9.04. The number of alkyl halides is 3. The van der Waals surface area contributed by atoms with Gasteiger partial charge in [-0.15, -0.1) is 13.2 Å². The summed E-state index contributed by atoms with van der Waals surface area (Å²) in [6, 6.07) is 10.1. The number of piperazine rings is 1. The minimum atomic E-state index is -4.87. The van der Waals surface area contributed by atoms with E-state index in [2.05, 4.69) is 29.3 Å². The topological polar surface area (TPSA) is 57.2 Å². The second-order valence-corrected chi connectivity index (χ2v) is 8.86. The van der Waals surface area contributed by atoms with E-state index < -0.39 is 12.1 Å². The molecule has 0 aromatic heterocycles. The van der Waals surface area contributed by atoms with Crippen molar-refractivity contribution in [2.24, 2.45) is 5.10 Å². The van der Waals surface area contributed by atoms with Crippen molar-refractivity contribution in [3.63, 3.8) is 0 Å². The molecule has 0 bridgehead atoms. The van der Waals surface area contributed by atoms with Crippen molar-refractivity contribution >= 4 is 37.9 Å². The lowest BCUT2D eigenvalue weighted by molar-refractivity contribution is -0.274. The molecule has 1 N–H and O–H groups in total. The van der Waals surface area contributed by atoms with Crippen LogP contribution in [0, 0.1) is 0 Å². The fourth-order valence-corrected chi connectivity index (χ4v) is 4.60. The highest BCUT2D eigenvalue weighted by Gasteiger charge is 2.33. The van der Waals surface area contributed by atoms with Gasteiger partial charge in [0.2, 0.25) is 0 Å². The Hall–Kier alpha value is -2.35. The van der Waals surface area contributed by atoms with E-state index in [4.69, 9.17) is 11.6 Å². The molecular formula is C22H23ClF3N4O2P. The molecule has 2 atom stereocenters. The highest BCUT2D eigenvalue weighted by atomic mass is 35.5. The number of halogens is 4. The lowest BCUT2D eigenvalue weighted by Crippen LogP contribution is -2.43. The second-order valence-electron chi connectivity index (χ2n) is 7.96. The van der Waals surface area contributed by atoms with Crippen LogP contribution in [0.4, 0.5) is 23.7 Å². The first-order chi connectivity index (χ1) is 15.6. The zero-order valence-corrected chi connectivity index (χ0v) is 19.7.